The normalized spacial score (nSPS) is 13.2. The molecule has 0 amide bonds. The molecule has 0 spiro atoms. The molecule has 0 aliphatic heterocycles. The van der Waals surface area contributed by atoms with E-state index in [0.29, 0.717) is 6.42 Å². The van der Waals surface area contributed by atoms with Crippen LogP contribution in [0.1, 0.15) is 13.3 Å². The zero-order valence-corrected chi connectivity index (χ0v) is 10.9. The molecular formula is C10H14N2O6S. The van der Waals surface area contributed by atoms with Gasteiger partial charge in [0.25, 0.3) is 0 Å². The summed E-state index contributed by atoms with van der Waals surface area (Å²) in [5.41, 5.74) is -0.695. The minimum atomic E-state index is -3.98. The summed E-state index contributed by atoms with van der Waals surface area (Å²) in [6.07, 6.45) is 0.371. The Hall–Kier alpha value is -1.71. The number of hydrogen-bond acceptors (Lipinski definition) is 6. The maximum absolute atomic E-state index is 11.9. The summed E-state index contributed by atoms with van der Waals surface area (Å²) >= 11 is 0. The van der Waals surface area contributed by atoms with Gasteiger partial charge in [-0.05, 0) is 18.6 Å². The summed E-state index contributed by atoms with van der Waals surface area (Å²) in [6, 6.07) is 2.08. The molecule has 0 aromatic heterocycles. The predicted molar refractivity (Wildman–Crippen MR) is 66.2 cm³/mol. The number of phenols is 1. The van der Waals surface area contributed by atoms with E-state index in [2.05, 4.69) is 4.72 Å². The summed E-state index contributed by atoms with van der Waals surface area (Å²) in [4.78, 5) is 9.40. The van der Waals surface area contributed by atoms with E-state index in [1.54, 1.807) is 6.92 Å². The summed E-state index contributed by atoms with van der Waals surface area (Å²) < 4.78 is 26.1. The van der Waals surface area contributed by atoms with E-state index in [9.17, 15) is 23.6 Å². The van der Waals surface area contributed by atoms with Crippen molar-refractivity contribution in [2.45, 2.75) is 24.3 Å². The van der Waals surface area contributed by atoms with Gasteiger partial charge in [-0.25, -0.2) is 13.1 Å². The molecule has 0 aliphatic rings. The lowest BCUT2D eigenvalue weighted by atomic mass is 10.3. The molecule has 1 aromatic rings. The van der Waals surface area contributed by atoms with Gasteiger partial charge in [0, 0.05) is 12.1 Å². The Balaban J connectivity index is 3.15. The van der Waals surface area contributed by atoms with Crippen LogP contribution in [0.25, 0.3) is 0 Å². The fourth-order valence-corrected chi connectivity index (χ4v) is 2.68. The fraction of sp³-hybridized carbons (Fsp3) is 0.400. The first-order valence-electron chi connectivity index (χ1n) is 5.42. The molecule has 0 saturated carbocycles. The molecule has 106 valence electrons. The SMILES string of the molecule is CCC(CO)NS(=O)(=O)c1ccc(O)c([N+](=O)[O-])c1. The number of nitro benzene ring substituents is 1. The molecule has 0 bridgehead atoms. The molecule has 19 heavy (non-hydrogen) atoms. The Morgan fingerprint density at radius 2 is 2.11 bits per heavy atom. The van der Waals surface area contributed by atoms with Crippen LogP contribution in [-0.2, 0) is 10.0 Å². The smallest absolute Gasteiger partial charge is 0.312 e. The van der Waals surface area contributed by atoms with Crippen LogP contribution in [0.2, 0.25) is 0 Å². The Kier molecular flexibility index (Phi) is 4.81. The number of phenolic OH excluding ortho intramolecular Hbond substituents is 1. The van der Waals surface area contributed by atoms with Crippen molar-refractivity contribution < 1.29 is 23.6 Å². The van der Waals surface area contributed by atoms with E-state index in [4.69, 9.17) is 5.11 Å². The quantitative estimate of drug-likeness (QED) is 0.512. The zero-order valence-electron chi connectivity index (χ0n) is 10.1. The number of aliphatic hydroxyl groups is 1. The van der Waals surface area contributed by atoms with E-state index in [1.807, 2.05) is 0 Å². The molecule has 1 atom stereocenters. The average molecular weight is 290 g/mol. The number of aliphatic hydroxyl groups excluding tert-OH is 1. The van der Waals surface area contributed by atoms with Gasteiger partial charge in [-0.2, -0.15) is 0 Å². The molecule has 0 heterocycles. The van der Waals surface area contributed by atoms with Crippen molar-refractivity contribution in [2.75, 3.05) is 6.61 Å². The van der Waals surface area contributed by atoms with E-state index < -0.39 is 32.4 Å². The maximum atomic E-state index is 11.9. The van der Waals surface area contributed by atoms with Gasteiger partial charge in [0.15, 0.2) is 5.75 Å². The lowest BCUT2D eigenvalue weighted by Crippen LogP contribution is -2.36. The van der Waals surface area contributed by atoms with E-state index in [-0.39, 0.29) is 11.5 Å². The zero-order chi connectivity index (χ0) is 14.6. The molecule has 0 fully saturated rings. The van der Waals surface area contributed by atoms with Crippen LogP contribution in [0.4, 0.5) is 5.69 Å². The largest absolute Gasteiger partial charge is 0.502 e. The lowest BCUT2D eigenvalue weighted by molar-refractivity contribution is -0.386. The Labute approximate surface area is 109 Å². The average Bonchev–Trinajstić information content (AvgIpc) is 2.35. The highest BCUT2D eigenvalue weighted by molar-refractivity contribution is 7.89. The van der Waals surface area contributed by atoms with Gasteiger partial charge in [-0.3, -0.25) is 10.1 Å². The first-order chi connectivity index (χ1) is 8.81. The van der Waals surface area contributed by atoms with Crippen LogP contribution < -0.4 is 4.72 Å². The number of nitrogens with zero attached hydrogens (tertiary/aromatic N) is 1. The van der Waals surface area contributed by atoms with E-state index in [1.165, 1.54) is 0 Å². The molecule has 8 nitrogen and oxygen atoms in total. The van der Waals surface area contributed by atoms with Crippen molar-refractivity contribution in [3.8, 4) is 5.75 Å². The number of nitro groups is 1. The van der Waals surface area contributed by atoms with Gasteiger partial charge in [0.05, 0.1) is 16.4 Å². The number of aromatic hydroxyl groups is 1. The molecule has 0 saturated heterocycles. The number of benzene rings is 1. The van der Waals surface area contributed by atoms with Gasteiger partial charge in [0.1, 0.15) is 0 Å². The van der Waals surface area contributed by atoms with Crippen molar-refractivity contribution in [3.05, 3.63) is 28.3 Å². The topological polar surface area (TPSA) is 130 Å². The highest BCUT2D eigenvalue weighted by Crippen LogP contribution is 2.28. The highest BCUT2D eigenvalue weighted by Gasteiger charge is 2.23. The van der Waals surface area contributed by atoms with Gasteiger partial charge < -0.3 is 10.2 Å². The van der Waals surface area contributed by atoms with E-state index in [0.717, 1.165) is 18.2 Å². The maximum Gasteiger partial charge on any atom is 0.312 e. The minimum absolute atomic E-state index is 0.344. The molecule has 0 radical (unpaired) electrons. The Morgan fingerprint density at radius 3 is 2.58 bits per heavy atom. The number of sulfonamides is 1. The number of hydrogen-bond donors (Lipinski definition) is 3. The monoisotopic (exact) mass is 290 g/mol. The summed E-state index contributed by atoms with van der Waals surface area (Å²) in [7, 11) is -3.98. The number of nitrogens with one attached hydrogen (secondary N) is 1. The molecule has 0 aliphatic carbocycles. The molecular weight excluding hydrogens is 276 g/mol. The van der Waals surface area contributed by atoms with Gasteiger partial charge in [-0.1, -0.05) is 6.92 Å². The molecule has 1 rings (SSSR count). The standard InChI is InChI=1S/C10H14N2O6S/c1-2-7(6-13)11-19(17,18)8-3-4-10(14)9(5-8)12(15)16/h3-5,7,11,13-14H,2,6H2,1H3. The van der Waals surface area contributed by atoms with E-state index >= 15 is 0 Å². The van der Waals surface area contributed by atoms with Crippen LogP contribution in [0.15, 0.2) is 23.1 Å². The van der Waals surface area contributed by atoms with Crippen LogP contribution in [0.3, 0.4) is 0 Å². The number of rotatable bonds is 6. The van der Waals surface area contributed by atoms with Crippen LogP contribution in [0.5, 0.6) is 5.75 Å². The van der Waals surface area contributed by atoms with Crippen molar-refractivity contribution in [2.24, 2.45) is 0 Å². The third-order valence-electron chi connectivity index (χ3n) is 2.49. The first-order valence-corrected chi connectivity index (χ1v) is 6.90. The van der Waals surface area contributed by atoms with Crippen molar-refractivity contribution in [1.82, 2.24) is 4.72 Å². The van der Waals surface area contributed by atoms with Gasteiger partial charge in [-0.15, -0.1) is 0 Å². The molecule has 1 aromatic carbocycles. The third-order valence-corrected chi connectivity index (χ3v) is 4.01. The third kappa shape index (κ3) is 3.63. The lowest BCUT2D eigenvalue weighted by Gasteiger charge is -2.14. The summed E-state index contributed by atoms with van der Waals surface area (Å²) in [5.74, 6) is -0.613. The summed E-state index contributed by atoms with van der Waals surface area (Å²) in [5, 5.41) is 28.8. The van der Waals surface area contributed by atoms with Crippen molar-refractivity contribution in [3.63, 3.8) is 0 Å². The Bertz CT molecular complexity index is 567. The minimum Gasteiger partial charge on any atom is -0.502 e. The van der Waals surface area contributed by atoms with Crippen LogP contribution in [0, 0.1) is 10.1 Å². The highest BCUT2D eigenvalue weighted by atomic mass is 32.2. The summed E-state index contributed by atoms with van der Waals surface area (Å²) in [6.45, 7) is 1.30. The molecule has 3 N–H and O–H groups in total. The van der Waals surface area contributed by atoms with Gasteiger partial charge >= 0.3 is 5.69 Å². The predicted octanol–water partition coefficient (Wildman–Crippen LogP) is 0.350. The molecule has 1 unspecified atom stereocenters. The van der Waals surface area contributed by atoms with Crippen molar-refractivity contribution >= 4 is 15.7 Å². The van der Waals surface area contributed by atoms with Gasteiger partial charge in [0.2, 0.25) is 10.0 Å². The first kappa shape index (κ1) is 15.3. The van der Waals surface area contributed by atoms with Crippen LogP contribution >= 0.6 is 0 Å². The second kappa shape index (κ2) is 5.95. The van der Waals surface area contributed by atoms with Crippen LogP contribution in [-0.4, -0.2) is 36.2 Å². The second-order valence-electron chi connectivity index (χ2n) is 3.82. The second-order valence-corrected chi connectivity index (χ2v) is 5.53. The molecule has 9 heteroatoms. The fourth-order valence-electron chi connectivity index (χ4n) is 1.35. The Morgan fingerprint density at radius 1 is 1.47 bits per heavy atom. The van der Waals surface area contributed by atoms with Crippen molar-refractivity contribution in [1.29, 1.82) is 0 Å².